The summed E-state index contributed by atoms with van der Waals surface area (Å²) in [6.45, 7) is 17.6. The van der Waals surface area contributed by atoms with Crippen LogP contribution in [0.1, 0.15) is 88.1 Å². The molecule has 354 valence electrons. The molecule has 4 saturated heterocycles. The number of benzene rings is 1. The first-order chi connectivity index (χ1) is 27.9. The third-order valence-electron chi connectivity index (χ3n) is 9.15. The van der Waals surface area contributed by atoms with Crippen LogP contribution in [0.25, 0.3) is 0 Å². The highest BCUT2D eigenvalue weighted by Crippen LogP contribution is 2.30. The number of morpholine rings is 2. The van der Waals surface area contributed by atoms with Crippen molar-refractivity contribution in [1.29, 1.82) is 0 Å². The second-order valence-corrected chi connectivity index (χ2v) is 17.7. The molecular weight excluding hydrogens is 838 g/mol. The summed E-state index contributed by atoms with van der Waals surface area (Å²) >= 11 is 0. The average Bonchev–Trinajstić information content (AvgIpc) is 3.11. The number of carbonyl (C=O) groups excluding carboxylic acids is 5. The van der Waals surface area contributed by atoms with Crippen LogP contribution >= 0.6 is 0 Å². The van der Waals surface area contributed by atoms with Crippen molar-refractivity contribution in [3.8, 4) is 0 Å². The van der Waals surface area contributed by atoms with Crippen LogP contribution < -0.4 is 0 Å². The Bertz CT molecular complexity index is 1620. The number of rotatable bonds is 2. The Labute approximate surface area is 359 Å². The van der Waals surface area contributed by atoms with Crippen LogP contribution in [-0.2, 0) is 44.6 Å². The van der Waals surface area contributed by atoms with Crippen molar-refractivity contribution in [2.75, 3.05) is 52.5 Å². The van der Waals surface area contributed by atoms with Crippen LogP contribution in [0.4, 0.5) is 40.7 Å². The zero-order valence-corrected chi connectivity index (χ0v) is 36.0. The predicted octanol–water partition coefficient (Wildman–Crippen LogP) is 7.35. The van der Waals surface area contributed by atoms with Gasteiger partial charge in [0.15, 0.2) is 0 Å². The quantitative estimate of drug-likeness (QED) is 0.126. The first-order valence-corrected chi connectivity index (χ1v) is 19.8. The van der Waals surface area contributed by atoms with Gasteiger partial charge in [-0.1, -0.05) is 37.8 Å². The van der Waals surface area contributed by atoms with Gasteiger partial charge in [-0.25, -0.2) is 14.4 Å². The Balaban J connectivity index is 0.000000326. The zero-order chi connectivity index (χ0) is 46.1. The minimum atomic E-state index is -4.90. The molecule has 0 saturated carbocycles. The number of likely N-dealkylation sites (tertiary alicyclic amines) is 2. The van der Waals surface area contributed by atoms with E-state index in [0.717, 1.165) is 22.9 Å². The fourth-order valence-corrected chi connectivity index (χ4v) is 6.76. The van der Waals surface area contributed by atoms with E-state index < -0.39 is 65.5 Å². The fraction of sp³-hybridized carbons (Fsp3) is 0.732. The van der Waals surface area contributed by atoms with Gasteiger partial charge in [0.05, 0.1) is 31.5 Å². The number of ether oxygens (including phenoxy) is 6. The normalized spacial score (nSPS) is 22.1. The molecule has 62 heavy (non-hydrogen) atoms. The summed E-state index contributed by atoms with van der Waals surface area (Å²) in [6, 6.07) is 9.64. The van der Waals surface area contributed by atoms with E-state index in [1.54, 1.807) is 62.3 Å². The zero-order valence-electron chi connectivity index (χ0n) is 36.0. The summed E-state index contributed by atoms with van der Waals surface area (Å²) in [6.07, 6.45) is -12.6. The van der Waals surface area contributed by atoms with E-state index in [2.05, 4.69) is 9.64 Å². The van der Waals surface area contributed by atoms with Gasteiger partial charge in [-0.15, -0.1) is 0 Å². The topological polar surface area (TPSA) is 154 Å². The van der Waals surface area contributed by atoms with Crippen LogP contribution in [0.5, 0.6) is 0 Å². The molecule has 1 aromatic rings. The minimum Gasteiger partial charge on any atom is -0.444 e. The largest absolute Gasteiger partial charge is 0.519 e. The smallest absolute Gasteiger partial charge is 0.444 e. The predicted molar refractivity (Wildman–Crippen MR) is 212 cm³/mol. The van der Waals surface area contributed by atoms with Gasteiger partial charge in [0.25, 0.3) is 0 Å². The van der Waals surface area contributed by atoms with Crippen molar-refractivity contribution in [2.45, 2.75) is 143 Å². The van der Waals surface area contributed by atoms with Crippen LogP contribution in [0, 0.1) is 0 Å². The summed E-state index contributed by atoms with van der Waals surface area (Å²) in [7, 11) is 0. The van der Waals surface area contributed by atoms with Crippen molar-refractivity contribution in [3.63, 3.8) is 0 Å². The number of nitrogens with zero attached hydrogens (tertiary/aromatic N) is 4. The molecule has 0 aromatic heterocycles. The molecule has 4 aliphatic heterocycles. The summed E-state index contributed by atoms with van der Waals surface area (Å²) in [4.78, 5) is 62.3. The lowest BCUT2D eigenvalue weighted by Gasteiger charge is -2.46. The Morgan fingerprint density at radius 2 is 1.03 bits per heavy atom. The van der Waals surface area contributed by atoms with Crippen molar-refractivity contribution in [2.24, 2.45) is 0 Å². The lowest BCUT2D eigenvalue weighted by atomic mass is 9.97. The molecule has 1 aromatic carbocycles. The molecule has 0 radical (unpaired) electrons. The van der Waals surface area contributed by atoms with E-state index in [1.807, 2.05) is 30.3 Å². The maximum absolute atomic E-state index is 12.6. The van der Waals surface area contributed by atoms with Gasteiger partial charge in [-0.05, 0) is 80.7 Å². The lowest BCUT2D eigenvalue weighted by Crippen LogP contribution is -2.62. The van der Waals surface area contributed by atoms with Crippen molar-refractivity contribution in [1.82, 2.24) is 19.6 Å². The number of hydrogen-bond donors (Lipinski definition) is 0. The monoisotopic (exact) mass is 900 g/mol. The second-order valence-electron chi connectivity index (χ2n) is 17.7. The number of carbonyl (C=O) groups is 5. The molecule has 4 atom stereocenters. The highest BCUT2D eigenvalue weighted by Gasteiger charge is 2.49. The molecule has 0 unspecified atom stereocenters. The first-order valence-electron chi connectivity index (χ1n) is 19.8. The summed E-state index contributed by atoms with van der Waals surface area (Å²) in [5.74, 6) is -3.63. The van der Waals surface area contributed by atoms with Crippen molar-refractivity contribution < 1.29 is 78.7 Å². The van der Waals surface area contributed by atoms with E-state index in [-0.39, 0.29) is 64.8 Å². The molecule has 0 bridgehead atoms. The van der Waals surface area contributed by atoms with Gasteiger partial charge in [0.1, 0.15) is 16.8 Å². The van der Waals surface area contributed by atoms with E-state index >= 15 is 0 Å². The SMILES string of the molecule is C.CC(C)(C)OC(=O)N1CCO[C@H]2CN(C(=O)C(F)(F)F)CC[C@@H]21.CC(C)(C)OC(=O)OC(=O)OC(C)(C)C.O=C(N1CC[C@H]2[C@H](C1)OCCN2Cc1ccccc1)C(F)(F)F. The van der Waals surface area contributed by atoms with Crippen LogP contribution in [0.2, 0.25) is 0 Å². The summed E-state index contributed by atoms with van der Waals surface area (Å²) in [5, 5.41) is 0. The van der Waals surface area contributed by atoms with E-state index in [1.165, 1.54) is 10.5 Å². The first kappa shape index (κ1) is 53.8. The summed E-state index contributed by atoms with van der Waals surface area (Å²) < 4.78 is 106. The van der Waals surface area contributed by atoms with Gasteiger partial charge in [0.2, 0.25) is 0 Å². The van der Waals surface area contributed by atoms with E-state index in [0.29, 0.717) is 19.6 Å². The molecule has 0 spiro atoms. The highest BCUT2D eigenvalue weighted by molar-refractivity contribution is 5.82. The fourth-order valence-electron chi connectivity index (χ4n) is 6.76. The molecule has 4 fully saturated rings. The minimum absolute atomic E-state index is 0. The summed E-state index contributed by atoms with van der Waals surface area (Å²) in [5.41, 5.74) is -0.877. The van der Waals surface area contributed by atoms with Gasteiger partial charge >= 0.3 is 42.6 Å². The standard InChI is InChI=1S/C16H19F3N2O2.C14H21F3N2O4.C10H18O5.CH4/c17-16(18,19)15(22)21-7-6-13-14(11-21)23-9-8-20(13)10-12-4-2-1-3-5-12;1-13(2,3)23-12(21)19-6-7-22-10-8-18(5-4-9(10)19)11(20)14(15,16)17;1-9(2,3)14-7(11)13-8(12)15-10(4,5)6;/h1-5,13-14H,6-11H2;9-10H,4-8H2,1-3H3;1-6H3;1H4/t13-,14-;9-,10-;;/m00../s1. The lowest BCUT2D eigenvalue weighted by molar-refractivity contribution is -0.192. The highest BCUT2D eigenvalue weighted by atomic mass is 19.4. The molecule has 15 nitrogen and oxygen atoms in total. The molecule has 0 N–H and O–H groups in total. The molecule has 5 rings (SSSR count). The van der Waals surface area contributed by atoms with Gasteiger partial charge in [-0.3, -0.25) is 14.5 Å². The van der Waals surface area contributed by atoms with Gasteiger partial charge < -0.3 is 43.1 Å². The molecule has 21 heteroatoms. The maximum Gasteiger partial charge on any atom is 0.519 e. The number of hydrogen-bond acceptors (Lipinski definition) is 12. The number of amides is 3. The molecular formula is C41H62F6N4O11. The maximum atomic E-state index is 12.6. The third-order valence-corrected chi connectivity index (χ3v) is 9.15. The van der Waals surface area contributed by atoms with Crippen molar-refractivity contribution in [3.05, 3.63) is 35.9 Å². The Hall–Kier alpha value is -4.37. The number of fused-ring (bicyclic) bond motifs is 2. The van der Waals surface area contributed by atoms with Crippen molar-refractivity contribution >= 4 is 30.2 Å². The number of halogens is 6. The Morgan fingerprint density at radius 1 is 0.613 bits per heavy atom. The van der Waals surface area contributed by atoms with E-state index in [4.69, 9.17) is 23.7 Å². The van der Waals surface area contributed by atoms with E-state index in [9.17, 15) is 50.3 Å². The van der Waals surface area contributed by atoms with Gasteiger partial charge in [-0.2, -0.15) is 26.3 Å². The molecule has 3 amide bonds. The average molecular weight is 901 g/mol. The number of alkyl halides is 6. The Morgan fingerprint density at radius 3 is 1.47 bits per heavy atom. The molecule has 4 heterocycles. The molecule has 4 aliphatic rings. The number of piperidine rings is 2. The third kappa shape index (κ3) is 17.8. The van der Waals surface area contributed by atoms with Crippen LogP contribution in [0.3, 0.4) is 0 Å². The Kier molecular flexibility index (Phi) is 18.9. The van der Waals surface area contributed by atoms with Gasteiger partial charge in [0, 0.05) is 51.9 Å². The molecule has 0 aliphatic carbocycles. The van der Waals surface area contributed by atoms with Crippen LogP contribution in [-0.4, -0.2) is 156 Å². The van der Waals surface area contributed by atoms with Crippen LogP contribution in [0.15, 0.2) is 30.3 Å². The second kappa shape index (κ2) is 21.8.